The van der Waals surface area contributed by atoms with Crippen LogP contribution >= 0.6 is 0 Å². The zero-order chi connectivity index (χ0) is 17.8. The molecule has 0 aromatic heterocycles. The lowest BCUT2D eigenvalue weighted by atomic mass is 10.1. The molecule has 1 atom stereocenters. The minimum Gasteiger partial charge on any atom is -0.508 e. The minimum atomic E-state index is -0.760. The summed E-state index contributed by atoms with van der Waals surface area (Å²) in [7, 11) is 0. The number of phenolic OH excluding ortho intramolecular Hbond substituents is 1. The van der Waals surface area contributed by atoms with Gasteiger partial charge in [0.05, 0.1) is 6.10 Å². The number of aromatic hydroxyl groups is 1. The Morgan fingerprint density at radius 1 is 1.08 bits per heavy atom. The number of aliphatic hydroxyl groups is 1. The fourth-order valence-corrected chi connectivity index (χ4v) is 3.02. The number of nitrogens with zero attached hydrogens (tertiary/aromatic N) is 2. The molecule has 1 amide bonds. The number of amides is 1. The third kappa shape index (κ3) is 4.35. The quantitative estimate of drug-likeness (QED) is 0.891. The lowest BCUT2D eigenvalue weighted by molar-refractivity contribution is 0.0526. The SMILES string of the molecule is O=C(c1cccc(O)c1)N1CCN(C[C@@H](O)c2cccc(F)c2)CC1. The number of rotatable bonds is 4. The van der Waals surface area contributed by atoms with E-state index in [2.05, 4.69) is 4.90 Å². The van der Waals surface area contributed by atoms with Crippen molar-refractivity contribution in [2.24, 2.45) is 0 Å². The molecule has 1 heterocycles. The minimum absolute atomic E-state index is 0.0719. The van der Waals surface area contributed by atoms with E-state index in [1.54, 1.807) is 29.2 Å². The van der Waals surface area contributed by atoms with Crippen LogP contribution in [0.4, 0.5) is 4.39 Å². The van der Waals surface area contributed by atoms with Crippen LogP contribution in [0.2, 0.25) is 0 Å². The van der Waals surface area contributed by atoms with Gasteiger partial charge in [-0.2, -0.15) is 0 Å². The normalized spacial score (nSPS) is 16.6. The predicted molar refractivity (Wildman–Crippen MR) is 91.8 cm³/mol. The van der Waals surface area contributed by atoms with Crippen molar-refractivity contribution in [2.75, 3.05) is 32.7 Å². The molecular weight excluding hydrogens is 323 g/mol. The summed E-state index contributed by atoms with van der Waals surface area (Å²) < 4.78 is 13.2. The molecule has 2 aromatic carbocycles. The molecule has 0 spiro atoms. The molecule has 2 N–H and O–H groups in total. The Labute approximate surface area is 145 Å². The molecule has 1 saturated heterocycles. The monoisotopic (exact) mass is 344 g/mol. The summed E-state index contributed by atoms with van der Waals surface area (Å²) in [5.74, 6) is -0.401. The van der Waals surface area contributed by atoms with Crippen LogP contribution in [0.1, 0.15) is 22.0 Å². The number of aliphatic hydroxyl groups excluding tert-OH is 1. The zero-order valence-corrected chi connectivity index (χ0v) is 13.8. The number of hydrogen-bond acceptors (Lipinski definition) is 4. The number of halogens is 1. The van der Waals surface area contributed by atoms with Crippen molar-refractivity contribution in [3.63, 3.8) is 0 Å². The van der Waals surface area contributed by atoms with E-state index in [1.807, 2.05) is 0 Å². The highest BCUT2D eigenvalue weighted by Crippen LogP contribution is 2.18. The van der Waals surface area contributed by atoms with Gasteiger partial charge in [-0.05, 0) is 35.9 Å². The lowest BCUT2D eigenvalue weighted by Gasteiger charge is -2.35. The van der Waals surface area contributed by atoms with Crippen molar-refractivity contribution in [2.45, 2.75) is 6.10 Å². The highest BCUT2D eigenvalue weighted by Gasteiger charge is 2.24. The summed E-state index contributed by atoms with van der Waals surface area (Å²) >= 11 is 0. The molecule has 5 nitrogen and oxygen atoms in total. The Morgan fingerprint density at radius 3 is 2.48 bits per heavy atom. The van der Waals surface area contributed by atoms with Gasteiger partial charge in [-0.3, -0.25) is 9.69 Å². The zero-order valence-electron chi connectivity index (χ0n) is 13.8. The largest absolute Gasteiger partial charge is 0.508 e. The smallest absolute Gasteiger partial charge is 0.254 e. The number of hydrogen-bond donors (Lipinski definition) is 2. The van der Waals surface area contributed by atoms with Gasteiger partial charge >= 0.3 is 0 Å². The third-order valence-corrected chi connectivity index (χ3v) is 4.42. The number of carbonyl (C=O) groups excluding carboxylic acids is 1. The summed E-state index contributed by atoms with van der Waals surface area (Å²) in [5.41, 5.74) is 1.02. The molecule has 1 fully saturated rings. The highest BCUT2D eigenvalue weighted by atomic mass is 19.1. The van der Waals surface area contributed by atoms with Crippen LogP contribution in [0.5, 0.6) is 5.75 Å². The van der Waals surface area contributed by atoms with Crippen molar-refractivity contribution in [1.29, 1.82) is 0 Å². The molecule has 132 valence electrons. The maximum Gasteiger partial charge on any atom is 0.254 e. The molecule has 25 heavy (non-hydrogen) atoms. The average Bonchev–Trinajstić information content (AvgIpc) is 2.62. The Kier molecular flexibility index (Phi) is 5.31. The van der Waals surface area contributed by atoms with Crippen molar-refractivity contribution >= 4 is 5.91 Å². The first-order valence-corrected chi connectivity index (χ1v) is 8.27. The summed E-state index contributed by atoms with van der Waals surface area (Å²) in [6, 6.07) is 12.3. The molecule has 2 aromatic rings. The van der Waals surface area contributed by atoms with Gasteiger partial charge in [0.1, 0.15) is 11.6 Å². The molecule has 6 heteroatoms. The van der Waals surface area contributed by atoms with Crippen LogP contribution in [-0.4, -0.2) is 58.6 Å². The predicted octanol–water partition coefficient (Wildman–Crippen LogP) is 2.02. The van der Waals surface area contributed by atoms with Crippen molar-refractivity contribution in [1.82, 2.24) is 9.80 Å². The lowest BCUT2D eigenvalue weighted by Crippen LogP contribution is -2.49. The second-order valence-electron chi connectivity index (χ2n) is 6.21. The van der Waals surface area contributed by atoms with E-state index in [1.165, 1.54) is 24.3 Å². The van der Waals surface area contributed by atoms with E-state index in [9.17, 15) is 19.4 Å². The second kappa shape index (κ2) is 7.63. The Balaban J connectivity index is 1.54. The Morgan fingerprint density at radius 2 is 1.80 bits per heavy atom. The number of phenols is 1. The van der Waals surface area contributed by atoms with Crippen LogP contribution in [0, 0.1) is 5.82 Å². The van der Waals surface area contributed by atoms with Gasteiger partial charge in [0.25, 0.3) is 5.91 Å². The van der Waals surface area contributed by atoms with E-state index >= 15 is 0 Å². The number of piperazine rings is 1. The molecule has 1 aliphatic rings. The average molecular weight is 344 g/mol. The van der Waals surface area contributed by atoms with Crippen LogP contribution in [0.15, 0.2) is 48.5 Å². The van der Waals surface area contributed by atoms with E-state index in [0.29, 0.717) is 43.9 Å². The van der Waals surface area contributed by atoms with E-state index < -0.39 is 6.10 Å². The molecular formula is C19H21FN2O3. The van der Waals surface area contributed by atoms with Crippen molar-refractivity contribution in [3.05, 3.63) is 65.5 Å². The Hall–Kier alpha value is -2.44. The fourth-order valence-electron chi connectivity index (χ4n) is 3.02. The molecule has 0 aliphatic carbocycles. The topological polar surface area (TPSA) is 64.0 Å². The van der Waals surface area contributed by atoms with Crippen LogP contribution in [0.25, 0.3) is 0 Å². The molecule has 0 unspecified atom stereocenters. The van der Waals surface area contributed by atoms with Gasteiger partial charge in [0, 0.05) is 38.3 Å². The third-order valence-electron chi connectivity index (χ3n) is 4.42. The van der Waals surface area contributed by atoms with Crippen molar-refractivity contribution < 1.29 is 19.4 Å². The first-order chi connectivity index (χ1) is 12.0. The number of β-amino-alcohol motifs (C(OH)–C–C–N with tert-alkyl or cyclic N) is 1. The molecule has 1 aliphatic heterocycles. The van der Waals surface area contributed by atoms with Crippen LogP contribution in [-0.2, 0) is 0 Å². The van der Waals surface area contributed by atoms with Crippen LogP contribution < -0.4 is 0 Å². The van der Waals surface area contributed by atoms with Crippen molar-refractivity contribution in [3.8, 4) is 5.75 Å². The highest BCUT2D eigenvalue weighted by molar-refractivity contribution is 5.94. The molecule has 0 bridgehead atoms. The van der Waals surface area contributed by atoms with E-state index in [-0.39, 0.29) is 17.5 Å². The second-order valence-corrected chi connectivity index (χ2v) is 6.21. The standard InChI is InChI=1S/C19H21FN2O3/c20-16-5-1-3-14(11-16)18(24)13-21-7-9-22(10-8-21)19(25)15-4-2-6-17(23)12-15/h1-6,11-12,18,23-24H,7-10,13H2/t18-/m1/s1. The van der Waals surface area contributed by atoms with Gasteiger partial charge in [0.15, 0.2) is 0 Å². The number of benzene rings is 2. The van der Waals surface area contributed by atoms with Crippen LogP contribution in [0.3, 0.4) is 0 Å². The van der Waals surface area contributed by atoms with Gasteiger partial charge < -0.3 is 15.1 Å². The van der Waals surface area contributed by atoms with E-state index in [4.69, 9.17) is 0 Å². The maximum atomic E-state index is 13.2. The fraction of sp³-hybridized carbons (Fsp3) is 0.316. The van der Waals surface area contributed by atoms with Gasteiger partial charge in [0.2, 0.25) is 0 Å². The number of carbonyl (C=O) groups is 1. The summed E-state index contributed by atoms with van der Waals surface area (Å²) in [6.07, 6.45) is -0.760. The maximum absolute atomic E-state index is 13.2. The van der Waals surface area contributed by atoms with Gasteiger partial charge in [-0.15, -0.1) is 0 Å². The summed E-state index contributed by atoms with van der Waals surface area (Å²) in [6.45, 7) is 2.76. The van der Waals surface area contributed by atoms with Gasteiger partial charge in [-0.25, -0.2) is 4.39 Å². The molecule has 3 rings (SSSR count). The molecule has 0 saturated carbocycles. The first kappa shape index (κ1) is 17.4. The molecule has 0 radical (unpaired) electrons. The van der Waals surface area contributed by atoms with Gasteiger partial charge in [-0.1, -0.05) is 18.2 Å². The Bertz CT molecular complexity index is 745. The van der Waals surface area contributed by atoms with E-state index in [0.717, 1.165) is 0 Å². The first-order valence-electron chi connectivity index (χ1n) is 8.27. The summed E-state index contributed by atoms with van der Waals surface area (Å²) in [4.78, 5) is 16.2. The summed E-state index contributed by atoms with van der Waals surface area (Å²) in [5, 5.41) is 19.8.